The number of piperazine rings is 1. The van der Waals surface area contributed by atoms with E-state index in [-0.39, 0.29) is 11.5 Å². The highest BCUT2D eigenvalue weighted by Gasteiger charge is 2.26. The second-order valence-corrected chi connectivity index (χ2v) is 8.02. The van der Waals surface area contributed by atoms with Crippen LogP contribution in [0.5, 0.6) is 0 Å². The highest BCUT2D eigenvalue weighted by molar-refractivity contribution is 7.18. The maximum Gasteiger partial charge on any atom is 0.256 e. The Balaban J connectivity index is 1.57. The number of rotatable bonds is 2. The van der Waals surface area contributed by atoms with Crippen LogP contribution in [0, 0.1) is 26.6 Å². The number of aromatic nitrogens is 2. The maximum absolute atomic E-state index is 13.9. The van der Waals surface area contributed by atoms with Crippen LogP contribution in [0.15, 0.2) is 24.3 Å². The molecule has 1 aromatic carbocycles. The van der Waals surface area contributed by atoms with Gasteiger partial charge in [-0.05, 0) is 38.5 Å². The second-order valence-electron chi connectivity index (χ2n) is 6.82. The molecule has 1 fully saturated rings. The Kier molecular flexibility index (Phi) is 4.55. The van der Waals surface area contributed by atoms with Crippen LogP contribution in [0.2, 0.25) is 0 Å². The first-order valence-corrected chi connectivity index (χ1v) is 9.80. The quantitative estimate of drug-likeness (QED) is 0.676. The van der Waals surface area contributed by atoms with Crippen molar-refractivity contribution in [1.82, 2.24) is 14.9 Å². The van der Waals surface area contributed by atoms with E-state index < -0.39 is 5.82 Å². The Morgan fingerprint density at radius 2 is 1.78 bits per heavy atom. The summed E-state index contributed by atoms with van der Waals surface area (Å²) in [7, 11) is 0. The molecule has 27 heavy (non-hydrogen) atoms. The van der Waals surface area contributed by atoms with Crippen molar-refractivity contribution in [3.63, 3.8) is 0 Å². The highest BCUT2D eigenvalue weighted by atomic mass is 32.1. The Bertz CT molecular complexity index is 1020. The molecule has 140 valence electrons. The van der Waals surface area contributed by atoms with E-state index in [9.17, 15) is 9.18 Å². The van der Waals surface area contributed by atoms with E-state index >= 15 is 0 Å². The largest absolute Gasteiger partial charge is 0.352 e. The molecule has 7 heteroatoms. The van der Waals surface area contributed by atoms with Crippen molar-refractivity contribution in [2.75, 3.05) is 31.1 Å². The third-order valence-corrected chi connectivity index (χ3v) is 6.19. The third kappa shape index (κ3) is 3.16. The Labute approximate surface area is 161 Å². The van der Waals surface area contributed by atoms with Crippen molar-refractivity contribution in [2.24, 2.45) is 0 Å². The summed E-state index contributed by atoms with van der Waals surface area (Å²) in [4.78, 5) is 28.1. The fourth-order valence-corrected chi connectivity index (χ4v) is 4.56. The number of hydrogen-bond donors (Lipinski definition) is 0. The van der Waals surface area contributed by atoms with Gasteiger partial charge in [0.1, 0.15) is 22.3 Å². The normalized spacial score (nSPS) is 14.8. The van der Waals surface area contributed by atoms with Crippen molar-refractivity contribution >= 4 is 33.3 Å². The summed E-state index contributed by atoms with van der Waals surface area (Å²) in [6.45, 7) is 8.53. The van der Waals surface area contributed by atoms with Gasteiger partial charge in [0.15, 0.2) is 0 Å². The van der Waals surface area contributed by atoms with Gasteiger partial charge in [-0.1, -0.05) is 12.1 Å². The smallest absolute Gasteiger partial charge is 0.256 e. The van der Waals surface area contributed by atoms with Crippen LogP contribution < -0.4 is 4.90 Å². The number of hydrogen-bond acceptors (Lipinski definition) is 5. The molecule has 4 rings (SSSR count). The minimum absolute atomic E-state index is 0.135. The molecule has 0 atom stereocenters. The van der Waals surface area contributed by atoms with Crippen LogP contribution in [0.1, 0.15) is 26.6 Å². The summed E-state index contributed by atoms with van der Waals surface area (Å²) < 4.78 is 13.9. The van der Waals surface area contributed by atoms with Crippen LogP contribution >= 0.6 is 11.3 Å². The van der Waals surface area contributed by atoms with Crippen molar-refractivity contribution < 1.29 is 9.18 Å². The van der Waals surface area contributed by atoms with Crippen LogP contribution in [0.25, 0.3) is 10.2 Å². The van der Waals surface area contributed by atoms with E-state index in [0.717, 1.165) is 21.9 Å². The summed E-state index contributed by atoms with van der Waals surface area (Å²) in [5, 5.41) is 1.11. The van der Waals surface area contributed by atoms with Crippen molar-refractivity contribution in [2.45, 2.75) is 20.8 Å². The zero-order chi connectivity index (χ0) is 19.1. The summed E-state index contributed by atoms with van der Waals surface area (Å²) >= 11 is 1.69. The number of halogens is 1. The Morgan fingerprint density at radius 1 is 1.07 bits per heavy atom. The molecule has 5 nitrogen and oxygen atoms in total. The van der Waals surface area contributed by atoms with Gasteiger partial charge < -0.3 is 9.80 Å². The van der Waals surface area contributed by atoms with Crippen molar-refractivity contribution in [3.8, 4) is 0 Å². The van der Waals surface area contributed by atoms with Gasteiger partial charge in [0.05, 0.1) is 10.9 Å². The number of carbonyl (C=O) groups is 1. The van der Waals surface area contributed by atoms with Crippen LogP contribution in [-0.4, -0.2) is 47.0 Å². The van der Waals surface area contributed by atoms with Gasteiger partial charge in [0.25, 0.3) is 5.91 Å². The van der Waals surface area contributed by atoms with Crippen LogP contribution in [-0.2, 0) is 0 Å². The average molecular weight is 384 g/mol. The molecule has 0 N–H and O–H groups in total. The van der Waals surface area contributed by atoms with E-state index in [1.54, 1.807) is 34.4 Å². The number of anilines is 1. The summed E-state index contributed by atoms with van der Waals surface area (Å²) in [6.07, 6.45) is 0. The summed E-state index contributed by atoms with van der Waals surface area (Å²) in [5.74, 6) is 0.975. The SMILES string of the molecule is Cc1nc(N2CCN(C(=O)c3ccccc3F)CC2)c2c(C)c(C)sc2n1. The van der Waals surface area contributed by atoms with E-state index in [0.29, 0.717) is 26.2 Å². The molecule has 1 amide bonds. The number of fused-ring (bicyclic) bond motifs is 1. The lowest BCUT2D eigenvalue weighted by atomic mass is 10.1. The molecule has 3 aromatic rings. The predicted octanol–water partition coefficient (Wildman–Crippen LogP) is 3.72. The molecule has 2 aromatic heterocycles. The lowest BCUT2D eigenvalue weighted by Crippen LogP contribution is -2.49. The van der Waals surface area contributed by atoms with Crippen molar-refractivity contribution in [3.05, 3.63) is 51.9 Å². The van der Waals surface area contributed by atoms with Gasteiger partial charge >= 0.3 is 0 Å². The van der Waals surface area contributed by atoms with Crippen LogP contribution in [0.4, 0.5) is 10.2 Å². The minimum Gasteiger partial charge on any atom is -0.352 e. The Morgan fingerprint density at radius 3 is 2.48 bits per heavy atom. The fraction of sp³-hybridized carbons (Fsp3) is 0.350. The monoisotopic (exact) mass is 384 g/mol. The first-order chi connectivity index (χ1) is 13.0. The van der Waals surface area contributed by atoms with Gasteiger partial charge in [-0.3, -0.25) is 4.79 Å². The number of amides is 1. The van der Waals surface area contributed by atoms with Gasteiger partial charge in [-0.2, -0.15) is 0 Å². The fourth-order valence-electron chi connectivity index (χ4n) is 3.49. The van der Waals surface area contributed by atoms with Gasteiger partial charge in [-0.15, -0.1) is 11.3 Å². The molecule has 3 heterocycles. The topological polar surface area (TPSA) is 49.3 Å². The first-order valence-electron chi connectivity index (χ1n) is 8.99. The molecule has 1 saturated heterocycles. The molecule has 0 saturated carbocycles. The van der Waals surface area contributed by atoms with E-state index in [1.807, 2.05) is 6.92 Å². The number of aryl methyl sites for hydroxylation is 3. The first kappa shape index (κ1) is 17.9. The number of nitrogens with zero attached hydrogens (tertiary/aromatic N) is 4. The molecule has 0 aliphatic carbocycles. The minimum atomic E-state index is -0.470. The predicted molar refractivity (Wildman–Crippen MR) is 106 cm³/mol. The molecular formula is C20H21FN4OS. The zero-order valence-electron chi connectivity index (χ0n) is 15.6. The zero-order valence-corrected chi connectivity index (χ0v) is 16.4. The molecule has 0 unspecified atom stereocenters. The van der Waals surface area contributed by atoms with Gasteiger partial charge in [0, 0.05) is 31.1 Å². The molecule has 0 spiro atoms. The summed E-state index contributed by atoms with van der Waals surface area (Å²) in [5.41, 5.74) is 1.35. The number of thiophene rings is 1. The molecular weight excluding hydrogens is 363 g/mol. The van der Waals surface area contributed by atoms with Crippen LogP contribution in [0.3, 0.4) is 0 Å². The average Bonchev–Trinajstić information content (AvgIpc) is 2.95. The second kappa shape index (κ2) is 6.88. The third-order valence-electron chi connectivity index (χ3n) is 5.09. The van der Waals surface area contributed by atoms with E-state index in [2.05, 4.69) is 23.7 Å². The van der Waals surface area contributed by atoms with Gasteiger partial charge in [-0.25, -0.2) is 14.4 Å². The van der Waals surface area contributed by atoms with E-state index in [1.165, 1.54) is 16.5 Å². The standard InChI is InChI=1S/C20H21FN4OS/c1-12-13(2)27-19-17(12)18(22-14(3)23-19)24-8-10-25(11-9-24)20(26)15-6-4-5-7-16(15)21/h4-7H,8-11H2,1-3H3. The van der Waals surface area contributed by atoms with E-state index in [4.69, 9.17) is 4.98 Å². The van der Waals surface area contributed by atoms with Gasteiger partial charge in [0.2, 0.25) is 0 Å². The summed E-state index contributed by atoms with van der Waals surface area (Å²) in [6, 6.07) is 6.15. The molecule has 0 bridgehead atoms. The van der Waals surface area contributed by atoms with Crippen molar-refractivity contribution in [1.29, 1.82) is 0 Å². The Hall–Kier alpha value is -2.54. The lowest BCUT2D eigenvalue weighted by Gasteiger charge is -2.36. The molecule has 1 aliphatic rings. The number of carbonyl (C=O) groups excluding carboxylic acids is 1. The maximum atomic E-state index is 13.9. The number of benzene rings is 1. The lowest BCUT2D eigenvalue weighted by molar-refractivity contribution is 0.0742. The molecule has 1 aliphatic heterocycles. The molecule has 0 radical (unpaired) electrons. The highest BCUT2D eigenvalue weighted by Crippen LogP contribution is 2.35.